The summed E-state index contributed by atoms with van der Waals surface area (Å²) < 4.78 is 0. The molecule has 0 radical (unpaired) electrons. The molecular weight excluding hydrogens is 162 g/mol. The molecule has 0 saturated heterocycles. The molecular formula is C8H8ClNO. The van der Waals surface area contributed by atoms with Crippen LogP contribution in [0.15, 0.2) is 24.4 Å². The lowest BCUT2D eigenvalue weighted by Gasteiger charge is -1.90. The van der Waals surface area contributed by atoms with Crippen molar-refractivity contribution in [1.29, 1.82) is 0 Å². The Morgan fingerprint density at radius 1 is 1.55 bits per heavy atom. The maximum atomic E-state index is 8.44. The van der Waals surface area contributed by atoms with Gasteiger partial charge < -0.3 is 5.11 Å². The Morgan fingerprint density at radius 2 is 2.36 bits per heavy atom. The zero-order valence-corrected chi connectivity index (χ0v) is 6.62. The minimum Gasteiger partial charge on any atom is -0.392 e. The predicted molar refractivity (Wildman–Crippen MR) is 45.4 cm³/mol. The number of hydrogen-bond donors (Lipinski definition) is 1. The van der Waals surface area contributed by atoms with Crippen LogP contribution < -0.4 is 0 Å². The lowest BCUT2D eigenvalue weighted by molar-refractivity contribution is 0.343. The Kier molecular flexibility index (Phi) is 3.08. The van der Waals surface area contributed by atoms with E-state index in [4.69, 9.17) is 16.7 Å². The number of pyridine rings is 1. The van der Waals surface area contributed by atoms with Crippen molar-refractivity contribution >= 4 is 17.7 Å². The summed E-state index contributed by atoms with van der Waals surface area (Å²) in [4.78, 5) is 3.99. The maximum absolute atomic E-state index is 8.44. The van der Waals surface area contributed by atoms with Gasteiger partial charge in [-0.05, 0) is 18.2 Å². The van der Waals surface area contributed by atoms with Gasteiger partial charge in [0.1, 0.15) is 0 Å². The monoisotopic (exact) mass is 169 g/mol. The molecule has 3 heteroatoms. The summed E-state index contributed by atoms with van der Waals surface area (Å²) in [5.41, 5.74) is 0.795. The van der Waals surface area contributed by atoms with E-state index < -0.39 is 0 Å². The van der Waals surface area contributed by atoms with Crippen LogP contribution in [-0.2, 0) is 0 Å². The van der Waals surface area contributed by atoms with E-state index in [1.807, 2.05) is 0 Å². The molecule has 1 N–H and O–H groups in total. The Balaban J connectivity index is 2.73. The molecule has 0 fully saturated rings. The molecule has 1 rings (SSSR count). The molecule has 0 aliphatic heterocycles. The Morgan fingerprint density at radius 3 is 2.91 bits per heavy atom. The predicted octanol–water partition coefficient (Wildman–Crippen LogP) is 1.74. The summed E-state index contributed by atoms with van der Waals surface area (Å²) >= 11 is 5.61. The number of hydrogen-bond acceptors (Lipinski definition) is 2. The van der Waals surface area contributed by atoms with E-state index in [0.717, 1.165) is 5.69 Å². The van der Waals surface area contributed by atoms with E-state index in [2.05, 4.69) is 4.98 Å². The third-order valence-electron chi connectivity index (χ3n) is 1.14. The first-order chi connectivity index (χ1) is 5.33. The smallest absolute Gasteiger partial charge is 0.0628 e. The van der Waals surface area contributed by atoms with Crippen molar-refractivity contribution in [2.75, 3.05) is 6.61 Å². The van der Waals surface area contributed by atoms with E-state index >= 15 is 0 Å². The van der Waals surface area contributed by atoms with Gasteiger partial charge in [0, 0.05) is 6.20 Å². The van der Waals surface area contributed by atoms with Crippen LogP contribution in [0.2, 0.25) is 5.02 Å². The van der Waals surface area contributed by atoms with Crippen LogP contribution in [0.5, 0.6) is 0 Å². The first kappa shape index (κ1) is 8.24. The highest BCUT2D eigenvalue weighted by Gasteiger charge is 1.87. The molecule has 0 saturated carbocycles. The van der Waals surface area contributed by atoms with E-state index in [1.165, 1.54) is 0 Å². The minimum absolute atomic E-state index is 0.0321. The second-order valence-corrected chi connectivity index (χ2v) is 2.42. The summed E-state index contributed by atoms with van der Waals surface area (Å²) in [6.07, 6.45) is 4.92. The van der Waals surface area contributed by atoms with Gasteiger partial charge in [-0.25, -0.2) is 0 Å². The van der Waals surface area contributed by atoms with Gasteiger partial charge in [-0.2, -0.15) is 0 Å². The Labute approximate surface area is 70.2 Å². The van der Waals surface area contributed by atoms with Crippen LogP contribution >= 0.6 is 11.6 Å². The molecule has 0 aromatic carbocycles. The molecule has 1 aromatic rings. The number of rotatable bonds is 2. The van der Waals surface area contributed by atoms with Gasteiger partial charge in [-0.15, -0.1) is 0 Å². The van der Waals surface area contributed by atoms with Crippen LogP contribution in [0.25, 0.3) is 6.08 Å². The second-order valence-electron chi connectivity index (χ2n) is 1.99. The SMILES string of the molecule is OCC=Cc1ccc(Cl)cn1. The molecule has 0 aliphatic rings. The van der Waals surface area contributed by atoms with E-state index in [1.54, 1.807) is 30.5 Å². The van der Waals surface area contributed by atoms with Gasteiger partial charge >= 0.3 is 0 Å². The van der Waals surface area contributed by atoms with Crippen LogP contribution in [0, 0.1) is 0 Å². The number of nitrogens with zero attached hydrogens (tertiary/aromatic N) is 1. The van der Waals surface area contributed by atoms with Gasteiger partial charge in [-0.1, -0.05) is 17.7 Å². The van der Waals surface area contributed by atoms with Crippen molar-refractivity contribution < 1.29 is 5.11 Å². The van der Waals surface area contributed by atoms with E-state index in [0.29, 0.717) is 5.02 Å². The van der Waals surface area contributed by atoms with Gasteiger partial charge in [0.2, 0.25) is 0 Å². The molecule has 0 spiro atoms. The van der Waals surface area contributed by atoms with Gasteiger partial charge in [-0.3, -0.25) is 4.98 Å². The minimum atomic E-state index is 0.0321. The molecule has 1 aromatic heterocycles. The first-order valence-electron chi connectivity index (χ1n) is 3.22. The van der Waals surface area contributed by atoms with Gasteiger partial charge in [0.25, 0.3) is 0 Å². The lowest BCUT2D eigenvalue weighted by Crippen LogP contribution is -1.79. The number of halogens is 1. The fraction of sp³-hybridized carbons (Fsp3) is 0.125. The van der Waals surface area contributed by atoms with Crippen LogP contribution in [0.1, 0.15) is 5.69 Å². The molecule has 11 heavy (non-hydrogen) atoms. The average molecular weight is 170 g/mol. The van der Waals surface area contributed by atoms with Gasteiger partial charge in [0.15, 0.2) is 0 Å². The van der Waals surface area contributed by atoms with Crippen molar-refractivity contribution in [1.82, 2.24) is 4.98 Å². The third kappa shape index (κ3) is 2.70. The molecule has 58 valence electrons. The number of aromatic nitrogens is 1. The first-order valence-corrected chi connectivity index (χ1v) is 3.59. The lowest BCUT2D eigenvalue weighted by atomic mass is 10.3. The van der Waals surface area contributed by atoms with E-state index in [-0.39, 0.29) is 6.61 Å². The number of aliphatic hydroxyl groups excluding tert-OH is 1. The van der Waals surface area contributed by atoms with Crippen molar-refractivity contribution in [2.45, 2.75) is 0 Å². The van der Waals surface area contributed by atoms with Crippen molar-refractivity contribution in [2.24, 2.45) is 0 Å². The zero-order valence-electron chi connectivity index (χ0n) is 5.87. The molecule has 1 heterocycles. The van der Waals surface area contributed by atoms with Crippen LogP contribution in [-0.4, -0.2) is 16.7 Å². The maximum Gasteiger partial charge on any atom is 0.0628 e. The normalized spacial score (nSPS) is 10.7. The third-order valence-corrected chi connectivity index (χ3v) is 1.37. The molecule has 0 amide bonds. The summed E-state index contributed by atoms with van der Waals surface area (Å²) in [5, 5.41) is 9.06. The molecule has 0 unspecified atom stereocenters. The molecule has 0 bridgehead atoms. The summed E-state index contributed by atoms with van der Waals surface area (Å²) in [5.74, 6) is 0. The fourth-order valence-corrected chi connectivity index (χ4v) is 0.771. The standard InChI is InChI=1S/C8H8ClNO/c9-7-3-4-8(10-6-7)2-1-5-11/h1-4,6,11H,5H2. The second kappa shape index (κ2) is 4.11. The van der Waals surface area contributed by atoms with Crippen molar-refractivity contribution in [3.05, 3.63) is 35.1 Å². The highest BCUT2D eigenvalue weighted by molar-refractivity contribution is 6.30. The molecule has 2 nitrogen and oxygen atoms in total. The Bertz CT molecular complexity index is 243. The van der Waals surface area contributed by atoms with Gasteiger partial charge in [0.05, 0.1) is 17.3 Å². The summed E-state index contributed by atoms with van der Waals surface area (Å²) in [7, 11) is 0. The highest BCUT2D eigenvalue weighted by atomic mass is 35.5. The van der Waals surface area contributed by atoms with Crippen molar-refractivity contribution in [3.8, 4) is 0 Å². The Hall–Kier alpha value is -0.860. The van der Waals surface area contributed by atoms with Crippen molar-refractivity contribution in [3.63, 3.8) is 0 Å². The molecule has 0 aliphatic carbocycles. The number of aliphatic hydroxyl groups is 1. The quantitative estimate of drug-likeness (QED) is 0.732. The average Bonchev–Trinajstić information content (AvgIpc) is 2.04. The zero-order chi connectivity index (χ0) is 8.10. The fourth-order valence-electron chi connectivity index (χ4n) is 0.659. The summed E-state index contributed by atoms with van der Waals surface area (Å²) in [6.45, 7) is 0.0321. The highest BCUT2D eigenvalue weighted by Crippen LogP contribution is 2.06. The largest absolute Gasteiger partial charge is 0.392 e. The topological polar surface area (TPSA) is 33.1 Å². The van der Waals surface area contributed by atoms with Crippen LogP contribution in [0.3, 0.4) is 0 Å². The molecule has 0 atom stereocenters. The van der Waals surface area contributed by atoms with Crippen LogP contribution in [0.4, 0.5) is 0 Å². The van der Waals surface area contributed by atoms with E-state index in [9.17, 15) is 0 Å². The summed E-state index contributed by atoms with van der Waals surface area (Å²) in [6, 6.07) is 3.54.